The number of anilines is 1. The molecule has 0 saturated heterocycles. The van der Waals surface area contributed by atoms with Crippen LogP contribution in [0.2, 0.25) is 0 Å². The van der Waals surface area contributed by atoms with E-state index in [0.29, 0.717) is 0 Å². The fourth-order valence-electron chi connectivity index (χ4n) is 3.60. The van der Waals surface area contributed by atoms with Gasteiger partial charge < -0.3 is 10.6 Å². The second-order valence-electron chi connectivity index (χ2n) is 6.41. The molecule has 1 aliphatic heterocycles. The second kappa shape index (κ2) is 5.21. The average molecular weight is 272 g/mol. The Morgan fingerprint density at radius 3 is 2.70 bits per heavy atom. The highest BCUT2D eigenvalue weighted by Crippen LogP contribution is 2.33. The van der Waals surface area contributed by atoms with Gasteiger partial charge in [0.25, 0.3) is 0 Å². The number of hydrogen-bond donors (Lipinski definition) is 1. The number of carbonyl (C=O) groups excluding carboxylic acids is 1. The molecule has 0 bridgehead atoms. The Bertz CT molecular complexity index is 518. The van der Waals surface area contributed by atoms with Crippen molar-refractivity contribution in [1.82, 2.24) is 0 Å². The second-order valence-corrected chi connectivity index (χ2v) is 6.41. The lowest BCUT2D eigenvalue weighted by molar-refractivity contribution is -0.124. The molecule has 3 rings (SSSR count). The van der Waals surface area contributed by atoms with Crippen molar-refractivity contribution >= 4 is 11.6 Å². The quantitative estimate of drug-likeness (QED) is 0.854. The topological polar surface area (TPSA) is 46.3 Å². The zero-order chi connectivity index (χ0) is 14.2. The van der Waals surface area contributed by atoms with E-state index in [2.05, 4.69) is 25.1 Å². The summed E-state index contributed by atoms with van der Waals surface area (Å²) in [5.74, 6) is 0.141. The van der Waals surface area contributed by atoms with Gasteiger partial charge in [0, 0.05) is 12.2 Å². The van der Waals surface area contributed by atoms with E-state index >= 15 is 0 Å². The van der Waals surface area contributed by atoms with E-state index < -0.39 is 5.54 Å². The molecule has 1 aromatic carbocycles. The Kier molecular flexibility index (Phi) is 3.55. The molecule has 0 atom stereocenters. The molecule has 20 heavy (non-hydrogen) atoms. The molecule has 2 N–H and O–H groups in total. The van der Waals surface area contributed by atoms with Crippen LogP contribution in [-0.4, -0.2) is 18.0 Å². The summed E-state index contributed by atoms with van der Waals surface area (Å²) in [6.45, 7) is 2.92. The van der Waals surface area contributed by atoms with Gasteiger partial charge in [0.15, 0.2) is 0 Å². The number of carbonyl (C=O) groups is 1. The number of amides is 1. The van der Waals surface area contributed by atoms with Crippen LogP contribution in [0.5, 0.6) is 0 Å². The van der Waals surface area contributed by atoms with Crippen molar-refractivity contribution in [3.63, 3.8) is 0 Å². The third-order valence-electron chi connectivity index (χ3n) is 4.77. The van der Waals surface area contributed by atoms with Crippen LogP contribution in [-0.2, 0) is 11.2 Å². The van der Waals surface area contributed by atoms with Crippen LogP contribution in [0, 0.1) is 6.92 Å². The number of rotatable bonds is 1. The summed E-state index contributed by atoms with van der Waals surface area (Å²) >= 11 is 0. The Balaban J connectivity index is 1.90. The van der Waals surface area contributed by atoms with E-state index in [1.165, 1.54) is 17.5 Å². The van der Waals surface area contributed by atoms with Crippen LogP contribution in [0.1, 0.15) is 49.7 Å². The molecular weight excluding hydrogens is 248 g/mol. The first-order valence-corrected chi connectivity index (χ1v) is 7.80. The van der Waals surface area contributed by atoms with Crippen molar-refractivity contribution in [2.75, 3.05) is 11.4 Å². The van der Waals surface area contributed by atoms with Gasteiger partial charge in [-0.1, -0.05) is 37.0 Å². The van der Waals surface area contributed by atoms with Gasteiger partial charge in [-0.2, -0.15) is 0 Å². The van der Waals surface area contributed by atoms with Gasteiger partial charge in [0.1, 0.15) is 0 Å². The normalized spacial score (nSPS) is 21.4. The number of fused-ring (bicyclic) bond motifs is 1. The van der Waals surface area contributed by atoms with Gasteiger partial charge >= 0.3 is 0 Å². The maximum Gasteiger partial charge on any atom is 0.247 e. The Labute approximate surface area is 121 Å². The number of nitrogens with zero attached hydrogens (tertiary/aromatic N) is 1. The largest absolute Gasteiger partial charge is 0.317 e. The molecule has 108 valence electrons. The number of hydrogen-bond acceptors (Lipinski definition) is 2. The molecule has 1 amide bonds. The molecule has 1 aliphatic carbocycles. The summed E-state index contributed by atoms with van der Waals surface area (Å²) in [5.41, 5.74) is 9.45. The molecular formula is C17H24N2O. The molecule has 0 spiro atoms. The van der Waals surface area contributed by atoms with Crippen molar-refractivity contribution < 1.29 is 4.79 Å². The molecule has 1 saturated carbocycles. The predicted octanol–water partition coefficient (Wildman–Crippen LogP) is 2.94. The number of benzene rings is 1. The van der Waals surface area contributed by atoms with E-state index in [1.807, 2.05) is 4.90 Å². The van der Waals surface area contributed by atoms with Crippen LogP contribution in [0.4, 0.5) is 5.69 Å². The van der Waals surface area contributed by atoms with Crippen LogP contribution in [0.25, 0.3) is 0 Å². The highest BCUT2D eigenvalue weighted by Gasteiger charge is 2.39. The van der Waals surface area contributed by atoms with E-state index in [4.69, 9.17) is 5.73 Å². The molecule has 2 aliphatic rings. The van der Waals surface area contributed by atoms with Crippen molar-refractivity contribution in [2.45, 2.75) is 57.4 Å². The van der Waals surface area contributed by atoms with Gasteiger partial charge in [-0.05, 0) is 44.2 Å². The van der Waals surface area contributed by atoms with Crippen molar-refractivity contribution in [3.8, 4) is 0 Å². The first-order valence-electron chi connectivity index (χ1n) is 7.80. The van der Waals surface area contributed by atoms with E-state index in [-0.39, 0.29) is 5.91 Å². The summed E-state index contributed by atoms with van der Waals surface area (Å²) in [6.07, 6.45) is 7.15. The fourth-order valence-corrected chi connectivity index (χ4v) is 3.60. The van der Waals surface area contributed by atoms with Gasteiger partial charge in [-0.15, -0.1) is 0 Å². The Morgan fingerprint density at radius 1 is 1.20 bits per heavy atom. The van der Waals surface area contributed by atoms with Crippen LogP contribution in [0.3, 0.4) is 0 Å². The first kappa shape index (κ1) is 13.6. The monoisotopic (exact) mass is 272 g/mol. The summed E-state index contributed by atoms with van der Waals surface area (Å²) in [6, 6.07) is 6.39. The predicted molar refractivity (Wildman–Crippen MR) is 81.9 cm³/mol. The molecule has 1 aromatic rings. The minimum atomic E-state index is -0.627. The van der Waals surface area contributed by atoms with Crippen LogP contribution in [0.15, 0.2) is 18.2 Å². The lowest BCUT2D eigenvalue weighted by Crippen LogP contribution is -2.57. The third-order valence-corrected chi connectivity index (χ3v) is 4.77. The van der Waals surface area contributed by atoms with Gasteiger partial charge in [-0.25, -0.2) is 0 Å². The van der Waals surface area contributed by atoms with Crippen LogP contribution >= 0.6 is 0 Å². The van der Waals surface area contributed by atoms with Gasteiger partial charge in [0.05, 0.1) is 5.54 Å². The molecule has 3 nitrogen and oxygen atoms in total. The Morgan fingerprint density at radius 2 is 1.95 bits per heavy atom. The number of aryl methyl sites for hydroxylation is 2. The minimum absolute atomic E-state index is 0.141. The Hall–Kier alpha value is -1.35. The lowest BCUT2D eigenvalue weighted by Gasteiger charge is -2.39. The van der Waals surface area contributed by atoms with Crippen molar-refractivity contribution in [3.05, 3.63) is 29.3 Å². The van der Waals surface area contributed by atoms with E-state index in [1.54, 1.807) is 0 Å². The maximum atomic E-state index is 12.9. The molecule has 0 radical (unpaired) electrons. The van der Waals surface area contributed by atoms with E-state index in [9.17, 15) is 4.79 Å². The maximum absolute atomic E-state index is 12.9. The van der Waals surface area contributed by atoms with Crippen molar-refractivity contribution in [2.24, 2.45) is 5.73 Å². The summed E-state index contributed by atoms with van der Waals surface area (Å²) in [5, 5.41) is 0. The molecule has 1 fully saturated rings. The SMILES string of the molecule is Cc1ccc2c(c1)CCCN2C(=O)C1(N)CCCCC1. The highest BCUT2D eigenvalue weighted by atomic mass is 16.2. The van der Waals surface area contributed by atoms with Crippen molar-refractivity contribution in [1.29, 1.82) is 0 Å². The van der Waals surface area contributed by atoms with Crippen LogP contribution < -0.4 is 10.6 Å². The zero-order valence-electron chi connectivity index (χ0n) is 12.3. The van der Waals surface area contributed by atoms with E-state index in [0.717, 1.165) is 50.8 Å². The standard InChI is InChI=1S/C17H24N2O/c1-13-7-8-15-14(12-13)6-5-11-19(15)16(20)17(18)9-3-2-4-10-17/h7-8,12H,2-6,9-11,18H2,1H3. The smallest absolute Gasteiger partial charge is 0.247 e. The average Bonchev–Trinajstić information content (AvgIpc) is 2.46. The molecule has 3 heteroatoms. The summed E-state index contributed by atoms with van der Waals surface area (Å²) < 4.78 is 0. The fraction of sp³-hybridized carbons (Fsp3) is 0.588. The lowest BCUT2D eigenvalue weighted by atomic mass is 9.81. The van der Waals surface area contributed by atoms with Gasteiger partial charge in [-0.3, -0.25) is 4.79 Å². The third kappa shape index (κ3) is 2.35. The summed E-state index contributed by atoms with van der Waals surface area (Å²) in [4.78, 5) is 14.9. The highest BCUT2D eigenvalue weighted by molar-refractivity contribution is 6.01. The molecule has 1 heterocycles. The minimum Gasteiger partial charge on any atom is -0.317 e. The zero-order valence-corrected chi connectivity index (χ0v) is 12.3. The number of nitrogens with two attached hydrogens (primary N) is 1. The molecule has 0 aromatic heterocycles. The van der Waals surface area contributed by atoms with Gasteiger partial charge in [0.2, 0.25) is 5.91 Å². The first-order chi connectivity index (χ1) is 9.60. The molecule has 0 unspecified atom stereocenters. The summed E-state index contributed by atoms with van der Waals surface area (Å²) in [7, 11) is 0.